The zero-order valence-corrected chi connectivity index (χ0v) is 9.16. The molecule has 1 atom stereocenters. The van der Waals surface area contributed by atoms with Crippen LogP contribution in [0.3, 0.4) is 0 Å². The van der Waals surface area contributed by atoms with Crippen molar-refractivity contribution in [2.75, 3.05) is 19.8 Å². The zero-order chi connectivity index (χ0) is 11.3. The van der Waals surface area contributed by atoms with Crippen molar-refractivity contribution in [2.45, 2.75) is 37.8 Å². The standard InChI is InChI=1S/C10H20N2O3/c1-2-8(7-13)12-9(14)10(11)3-5-15-6-4-10/h8,13H,2-7,11H2,1H3,(H,12,14). The maximum Gasteiger partial charge on any atom is 0.240 e. The van der Waals surface area contributed by atoms with Gasteiger partial charge in [0.1, 0.15) is 0 Å². The van der Waals surface area contributed by atoms with Crippen molar-refractivity contribution in [3.63, 3.8) is 0 Å². The molecule has 0 aromatic heterocycles. The number of aliphatic hydroxyl groups is 1. The van der Waals surface area contributed by atoms with Gasteiger partial charge in [0.05, 0.1) is 18.2 Å². The molecule has 1 saturated heterocycles. The van der Waals surface area contributed by atoms with Gasteiger partial charge in [-0.2, -0.15) is 0 Å². The molecule has 1 aliphatic heterocycles. The number of aliphatic hydroxyl groups excluding tert-OH is 1. The molecule has 0 aromatic rings. The van der Waals surface area contributed by atoms with Gasteiger partial charge in [0.2, 0.25) is 5.91 Å². The second-order valence-electron chi connectivity index (χ2n) is 4.03. The smallest absolute Gasteiger partial charge is 0.240 e. The van der Waals surface area contributed by atoms with Gasteiger partial charge in [-0.15, -0.1) is 0 Å². The highest BCUT2D eigenvalue weighted by atomic mass is 16.5. The Kier molecular flexibility index (Phi) is 4.50. The van der Waals surface area contributed by atoms with E-state index in [0.717, 1.165) is 0 Å². The Morgan fingerprint density at radius 1 is 1.60 bits per heavy atom. The Bertz CT molecular complexity index is 211. The molecule has 1 aliphatic rings. The largest absolute Gasteiger partial charge is 0.394 e. The molecule has 1 unspecified atom stereocenters. The Morgan fingerprint density at radius 3 is 2.67 bits per heavy atom. The first-order valence-corrected chi connectivity index (χ1v) is 5.41. The number of hydrogen-bond donors (Lipinski definition) is 3. The lowest BCUT2D eigenvalue weighted by atomic mass is 9.90. The number of rotatable bonds is 4. The minimum Gasteiger partial charge on any atom is -0.394 e. The van der Waals surface area contributed by atoms with Gasteiger partial charge in [0.25, 0.3) is 0 Å². The molecule has 5 nitrogen and oxygen atoms in total. The predicted octanol–water partition coefficient (Wildman–Crippen LogP) is -0.619. The van der Waals surface area contributed by atoms with Crippen molar-refractivity contribution in [1.29, 1.82) is 0 Å². The number of amides is 1. The van der Waals surface area contributed by atoms with Gasteiger partial charge in [0.15, 0.2) is 0 Å². The van der Waals surface area contributed by atoms with Crippen LogP contribution in [-0.2, 0) is 9.53 Å². The van der Waals surface area contributed by atoms with Crippen LogP contribution in [0.5, 0.6) is 0 Å². The van der Waals surface area contributed by atoms with Crippen molar-refractivity contribution in [3.05, 3.63) is 0 Å². The molecule has 1 fully saturated rings. The summed E-state index contributed by atoms with van der Waals surface area (Å²) >= 11 is 0. The van der Waals surface area contributed by atoms with Crippen molar-refractivity contribution < 1.29 is 14.6 Å². The first-order chi connectivity index (χ1) is 7.12. The van der Waals surface area contributed by atoms with Gasteiger partial charge < -0.3 is 20.9 Å². The van der Waals surface area contributed by atoms with Gasteiger partial charge in [-0.25, -0.2) is 0 Å². The van der Waals surface area contributed by atoms with E-state index in [1.54, 1.807) is 0 Å². The minimum atomic E-state index is -0.819. The summed E-state index contributed by atoms with van der Waals surface area (Å²) in [5.41, 5.74) is 5.17. The van der Waals surface area contributed by atoms with Crippen LogP contribution in [0.25, 0.3) is 0 Å². The fourth-order valence-electron chi connectivity index (χ4n) is 1.57. The second-order valence-corrected chi connectivity index (χ2v) is 4.03. The zero-order valence-electron chi connectivity index (χ0n) is 9.16. The Balaban J connectivity index is 2.50. The van der Waals surface area contributed by atoms with Crippen LogP contribution < -0.4 is 11.1 Å². The lowest BCUT2D eigenvalue weighted by Crippen LogP contribution is -2.59. The van der Waals surface area contributed by atoms with Crippen LogP contribution >= 0.6 is 0 Å². The molecule has 1 amide bonds. The number of nitrogens with two attached hydrogens (primary N) is 1. The Morgan fingerprint density at radius 2 is 2.20 bits per heavy atom. The highest BCUT2D eigenvalue weighted by Crippen LogP contribution is 2.17. The van der Waals surface area contributed by atoms with Crippen LogP contribution in [0, 0.1) is 0 Å². The van der Waals surface area contributed by atoms with E-state index in [2.05, 4.69) is 5.32 Å². The molecule has 0 aliphatic carbocycles. The predicted molar refractivity (Wildman–Crippen MR) is 56.3 cm³/mol. The number of hydrogen-bond acceptors (Lipinski definition) is 4. The summed E-state index contributed by atoms with van der Waals surface area (Å²) < 4.78 is 5.16. The SMILES string of the molecule is CCC(CO)NC(=O)C1(N)CCOCC1. The average molecular weight is 216 g/mol. The van der Waals surface area contributed by atoms with Gasteiger partial charge >= 0.3 is 0 Å². The summed E-state index contributed by atoms with van der Waals surface area (Å²) in [6, 6.07) is -0.194. The first kappa shape index (κ1) is 12.4. The maximum absolute atomic E-state index is 11.8. The molecule has 0 bridgehead atoms. The fraction of sp³-hybridized carbons (Fsp3) is 0.900. The number of carbonyl (C=O) groups is 1. The number of carbonyl (C=O) groups excluding carboxylic acids is 1. The van der Waals surface area contributed by atoms with Crippen LogP contribution in [0.15, 0.2) is 0 Å². The molecule has 15 heavy (non-hydrogen) atoms. The van der Waals surface area contributed by atoms with Crippen LogP contribution in [0.1, 0.15) is 26.2 Å². The van der Waals surface area contributed by atoms with E-state index in [1.165, 1.54) is 0 Å². The van der Waals surface area contributed by atoms with Crippen LogP contribution in [-0.4, -0.2) is 42.4 Å². The molecule has 0 aromatic carbocycles. The van der Waals surface area contributed by atoms with Gasteiger partial charge in [-0.3, -0.25) is 4.79 Å². The molecule has 5 heteroatoms. The third-order valence-corrected chi connectivity index (χ3v) is 2.89. The molecular formula is C10H20N2O3. The average Bonchev–Trinajstić information content (AvgIpc) is 2.26. The lowest BCUT2D eigenvalue weighted by molar-refractivity contribution is -0.130. The van der Waals surface area contributed by atoms with E-state index in [-0.39, 0.29) is 18.6 Å². The van der Waals surface area contributed by atoms with E-state index in [9.17, 15) is 4.79 Å². The molecule has 1 rings (SSSR count). The van der Waals surface area contributed by atoms with Gasteiger partial charge in [-0.05, 0) is 19.3 Å². The third-order valence-electron chi connectivity index (χ3n) is 2.89. The van der Waals surface area contributed by atoms with E-state index in [0.29, 0.717) is 32.5 Å². The van der Waals surface area contributed by atoms with Crippen molar-refractivity contribution in [2.24, 2.45) is 5.73 Å². The fourth-order valence-corrected chi connectivity index (χ4v) is 1.57. The topological polar surface area (TPSA) is 84.6 Å². The molecule has 4 N–H and O–H groups in total. The summed E-state index contributed by atoms with van der Waals surface area (Å²) in [5.74, 6) is -0.174. The number of nitrogens with one attached hydrogen (secondary N) is 1. The minimum absolute atomic E-state index is 0.0468. The van der Waals surface area contributed by atoms with E-state index in [4.69, 9.17) is 15.6 Å². The molecule has 0 saturated carbocycles. The monoisotopic (exact) mass is 216 g/mol. The van der Waals surface area contributed by atoms with Gasteiger partial charge in [0, 0.05) is 13.2 Å². The highest BCUT2D eigenvalue weighted by Gasteiger charge is 2.36. The summed E-state index contributed by atoms with van der Waals surface area (Å²) in [5, 5.41) is 11.7. The second kappa shape index (κ2) is 5.44. The first-order valence-electron chi connectivity index (χ1n) is 5.41. The third kappa shape index (κ3) is 3.15. The van der Waals surface area contributed by atoms with Crippen LogP contribution in [0.4, 0.5) is 0 Å². The normalized spacial score (nSPS) is 22.1. The van der Waals surface area contributed by atoms with E-state index < -0.39 is 5.54 Å². The summed E-state index contributed by atoms with van der Waals surface area (Å²) in [4.78, 5) is 11.8. The molecular weight excluding hydrogens is 196 g/mol. The van der Waals surface area contributed by atoms with E-state index >= 15 is 0 Å². The molecule has 0 radical (unpaired) electrons. The Labute approximate surface area is 90.0 Å². The maximum atomic E-state index is 11.8. The van der Waals surface area contributed by atoms with Crippen molar-refractivity contribution >= 4 is 5.91 Å². The summed E-state index contributed by atoms with van der Waals surface area (Å²) in [6.07, 6.45) is 1.79. The summed E-state index contributed by atoms with van der Waals surface area (Å²) in [6.45, 7) is 2.92. The quantitative estimate of drug-likeness (QED) is 0.585. The Hall–Kier alpha value is -0.650. The van der Waals surface area contributed by atoms with E-state index in [1.807, 2.05) is 6.92 Å². The molecule has 1 heterocycles. The summed E-state index contributed by atoms with van der Waals surface area (Å²) in [7, 11) is 0. The number of ether oxygens (including phenoxy) is 1. The molecule has 0 spiro atoms. The highest BCUT2D eigenvalue weighted by molar-refractivity contribution is 5.86. The van der Waals surface area contributed by atoms with Gasteiger partial charge in [-0.1, -0.05) is 6.92 Å². The molecule has 88 valence electrons. The van der Waals surface area contributed by atoms with Crippen LogP contribution in [0.2, 0.25) is 0 Å². The van der Waals surface area contributed by atoms with Crippen molar-refractivity contribution in [1.82, 2.24) is 5.32 Å². The lowest BCUT2D eigenvalue weighted by Gasteiger charge is -2.33. The van der Waals surface area contributed by atoms with Crippen molar-refractivity contribution in [3.8, 4) is 0 Å².